The monoisotopic (exact) mass is 472 g/mol. The fourth-order valence-electron chi connectivity index (χ4n) is 2.53. The molecule has 33 heavy (non-hydrogen) atoms. The van der Waals surface area contributed by atoms with E-state index in [9.17, 15) is 18.9 Å². The maximum absolute atomic E-state index is 13.0. The second-order valence-corrected chi connectivity index (χ2v) is 8.53. The van der Waals surface area contributed by atoms with Gasteiger partial charge in [-0.05, 0) is 37.6 Å². The largest absolute Gasteiger partial charge is 0.606 e. The van der Waals surface area contributed by atoms with Crippen LogP contribution in [0.4, 0.5) is 16.2 Å². The molecular weight excluding hydrogens is 444 g/mol. The number of carbonyl (C=O) groups excluding carboxylic acids is 3. The molecule has 176 valence electrons. The summed E-state index contributed by atoms with van der Waals surface area (Å²) in [5.74, 6) is -0.988. The van der Waals surface area contributed by atoms with Crippen LogP contribution < -0.4 is 16.0 Å². The minimum atomic E-state index is -1.50. The second kappa shape index (κ2) is 12.6. The van der Waals surface area contributed by atoms with E-state index in [-0.39, 0.29) is 24.4 Å². The Labute approximate surface area is 196 Å². The van der Waals surface area contributed by atoms with Crippen LogP contribution in [0.25, 0.3) is 0 Å². The van der Waals surface area contributed by atoms with E-state index in [4.69, 9.17) is 4.74 Å². The van der Waals surface area contributed by atoms with E-state index in [0.29, 0.717) is 27.6 Å². The Morgan fingerprint density at radius 2 is 1.73 bits per heavy atom. The highest BCUT2D eigenvalue weighted by molar-refractivity contribution is 7.91. The first-order chi connectivity index (χ1) is 15.7. The summed E-state index contributed by atoms with van der Waals surface area (Å²) in [4.78, 5) is 40.8. The third-order valence-electron chi connectivity index (χ3n) is 4.37. The summed E-state index contributed by atoms with van der Waals surface area (Å²) >= 11 is -1.50. The van der Waals surface area contributed by atoms with Crippen LogP contribution in [0.15, 0.2) is 63.3 Å². The first-order valence-electron chi connectivity index (χ1n) is 10.5. The summed E-state index contributed by atoms with van der Waals surface area (Å²) in [6.45, 7) is 6.58. The fraction of sp³-hybridized carbons (Fsp3) is 0.304. The Balaban J connectivity index is 2.40. The molecule has 2 rings (SSSR count). The first-order valence-corrected chi connectivity index (χ1v) is 11.6. The minimum Gasteiger partial charge on any atom is -0.606 e. The van der Waals surface area contributed by atoms with Gasteiger partial charge in [0.25, 0.3) is 0 Å². The summed E-state index contributed by atoms with van der Waals surface area (Å²) in [5.41, 5.74) is 0.642. The Morgan fingerprint density at radius 1 is 1.03 bits per heavy atom. The van der Waals surface area contributed by atoms with Crippen molar-refractivity contribution in [2.75, 3.05) is 10.6 Å². The predicted octanol–water partition coefficient (Wildman–Crippen LogP) is 4.04. The van der Waals surface area contributed by atoms with Gasteiger partial charge >= 0.3 is 6.09 Å². The molecule has 0 saturated heterocycles. The molecule has 0 aliphatic rings. The fourth-order valence-corrected chi connectivity index (χ4v) is 3.62. The van der Waals surface area contributed by atoms with E-state index < -0.39 is 23.2 Å². The number of aliphatic imine (C=N–C) groups is 1. The summed E-state index contributed by atoms with van der Waals surface area (Å²) in [5, 5.41) is 7.94. The van der Waals surface area contributed by atoms with Crippen molar-refractivity contribution >= 4 is 46.4 Å². The maximum atomic E-state index is 13.0. The van der Waals surface area contributed by atoms with Crippen molar-refractivity contribution in [3.05, 3.63) is 48.5 Å². The zero-order chi connectivity index (χ0) is 24.4. The molecule has 0 fully saturated rings. The van der Waals surface area contributed by atoms with Gasteiger partial charge in [-0.1, -0.05) is 32.0 Å². The van der Waals surface area contributed by atoms with Gasteiger partial charge in [-0.3, -0.25) is 14.9 Å². The van der Waals surface area contributed by atoms with Crippen molar-refractivity contribution in [2.24, 2.45) is 4.99 Å². The molecule has 2 unspecified atom stereocenters. The van der Waals surface area contributed by atoms with Gasteiger partial charge in [0, 0.05) is 30.6 Å². The molecule has 2 aromatic carbocycles. The number of amides is 3. The van der Waals surface area contributed by atoms with Crippen LogP contribution in [0, 0.1) is 0 Å². The predicted molar refractivity (Wildman–Crippen MR) is 128 cm³/mol. The van der Waals surface area contributed by atoms with Crippen molar-refractivity contribution in [1.82, 2.24) is 5.32 Å². The molecule has 0 heterocycles. The van der Waals surface area contributed by atoms with Crippen LogP contribution in [0.1, 0.15) is 40.5 Å². The average Bonchev–Trinajstić information content (AvgIpc) is 2.79. The topological polar surface area (TPSA) is 132 Å². The number of carbonyl (C=O) groups is 3. The lowest BCUT2D eigenvalue weighted by atomic mass is 10.2. The highest BCUT2D eigenvalue weighted by Crippen LogP contribution is 2.29. The highest BCUT2D eigenvalue weighted by Gasteiger charge is 2.19. The number of ether oxygens (including phenoxy) is 1. The van der Waals surface area contributed by atoms with Crippen molar-refractivity contribution in [3.63, 3.8) is 0 Å². The van der Waals surface area contributed by atoms with Gasteiger partial charge in [-0.15, -0.1) is 0 Å². The zero-order valence-electron chi connectivity index (χ0n) is 19.0. The van der Waals surface area contributed by atoms with Crippen molar-refractivity contribution in [2.45, 2.75) is 56.4 Å². The van der Waals surface area contributed by atoms with E-state index in [1.165, 1.54) is 6.92 Å². The van der Waals surface area contributed by atoms with Crippen LogP contribution >= 0.6 is 0 Å². The molecule has 0 saturated carbocycles. The number of nitrogens with zero attached hydrogens (tertiary/aromatic N) is 1. The van der Waals surface area contributed by atoms with E-state index in [1.807, 2.05) is 13.0 Å². The number of anilines is 2. The molecule has 0 aliphatic heterocycles. The molecule has 10 heteroatoms. The minimum absolute atomic E-state index is 0.115. The molecule has 3 amide bonds. The van der Waals surface area contributed by atoms with Crippen LogP contribution in [0.2, 0.25) is 0 Å². The highest BCUT2D eigenvalue weighted by atomic mass is 32.2. The smallest absolute Gasteiger partial charge is 0.414 e. The molecule has 2 aromatic rings. The Kier molecular flexibility index (Phi) is 9.89. The van der Waals surface area contributed by atoms with Gasteiger partial charge in [-0.2, -0.15) is 4.99 Å². The third-order valence-corrected chi connectivity index (χ3v) is 5.75. The molecule has 0 bridgehead atoms. The van der Waals surface area contributed by atoms with Crippen molar-refractivity contribution < 1.29 is 23.7 Å². The molecule has 3 N–H and O–H groups in total. The molecule has 2 atom stereocenters. The average molecular weight is 473 g/mol. The number of hydrogen-bond donors (Lipinski definition) is 3. The summed E-state index contributed by atoms with van der Waals surface area (Å²) in [7, 11) is 0. The quantitative estimate of drug-likeness (QED) is 0.317. The summed E-state index contributed by atoms with van der Waals surface area (Å²) in [6.07, 6.45) is -0.394. The number of alkyl carbamates (subject to hydrolysis) is 1. The zero-order valence-corrected chi connectivity index (χ0v) is 19.8. The molecule has 0 aliphatic carbocycles. The van der Waals surface area contributed by atoms with Gasteiger partial charge in [0.15, 0.2) is 9.79 Å². The summed E-state index contributed by atoms with van der Waals surface area (Å²) < 4.78 is 18.2. The maximum Gasteiger partial charge on any atom is 0.414 e. The Bertz CT molecular complexity index is 1010. The Morgan fingerprint density at radius 3 is 2.33 bits per heavy atom. The molecule has 0 radical (unpaired) electrons. The molecule has 0 spiro atoms. The number of nitrogens with one attached hydrogen (secondary N) is 3. The molecular formula is C23H28N4O5S. The van der Waals surface area contributed by atoms with E-state index in [0.717, 1.165) is 0 Å². The standard InChI is InChI=1S/C23H28N4O5S/c1-5-15(3)32-23(30)27-22(26-21(29)6-2)25-20-14-18(12-13-19(20)24-16(4)28)33(31)17-10-8-7-9-11-17/h7-15H,5-6H2,1-4H3,(H,24,28)(H2,25,26,27,29,30). The number of guanidine groups is 1. The lowest BCUT2D eigenvalue weighted by molar-refractivity contribution is -0.117. The van der Waals surface area contributed by atoms with Crippen LogP contribution in [-0.2, 0) is 25.5 Å². The van der Waals surface area contributed by atoms with Crippen LogP contribution in [0.3, 0.4) is 0 Å². The van der Waals surface area contributed by atoms with Gasteiger partial charge in [0.1, 0.15) is 6.10 Å². The van der Waals surface area contributed by atoms with E-state index >= 15 is 0 Å². The number of hydrogen-bond acceptors (Lipinski definition) is 5. The van der Waals surface area contributed by atoms with Gasteiger partial charge in [0.05, 0.1) is 11.4 Å². The first kappa shape index (κ1) is 25.9. The SMILES string of the molecule is CCC(=O)N=C(NC(=O)OC(C)CC)Nc1cc([S+]([O-])c2ccccc2)ccc1NC(C)=O. The van der Waals surface area contributed by atoms with Gasteiger partial charge < -0.3 is 19.9 Å². The summed E-state index contributed by atoms with van der Waals surface area (Å²) in [6, 6.07) is 13.6. The van der Waals surface area contributed by atoms with E-state index in [2.05, 4.69) is 20.9 Å². The number of rotatable bonds is 7. The van der Waals surface area contributed by atoms with Crippen LogP contribution in [0.5, 0.6) is 0 Å². The van der Waals surface area contributed by atoms with Gasteiger partial charge in [-0.25, -0.2) is 4.79 Å². The van der Waals surface area contributed by atoms with Crippen molar-refractivity contribution in [1.29, 1.82) is 0 Å². The molecule has 0 aromatic heterocycles. The molecule has 9 nitrogen and oxygen atoms in total. The lowest BCUT2D eigenvalue weighted by Crippen LogP contribution is -2.38. The normalized spacial score (nSPS) is 12.9. The van der Waals surface area contributed by atoms with E-state index in [1.54, 1.807) is 56.3 Å². The van der Waals surface area contributed by atoms with Gasteiger partial charge in [0.2, 0.25) is 17.8 Å². The third kappa shape index (κ3) is 8.24. The van der Waals surface area contributed by atoms with Crippen molar-refractivity contribution in [3.8, 4) is 0 Å². The Hall–Kier alpha value is -3.37. The van der Waals surface area contributed by atoms with Crippen LogP contribution in [-0.4, -0.2) is 34.5 Å². The second-order valence-electron chi connectivity index (χ2n) is 7.05. The lowest BCUT2D eigenvalue weighted by Gasteiger charge is -2.18. The number of benzene rings is 2.